The van der Waals surface area contributed by atoms with Crippen molar-refractivity contribution in [3.05, 3.63) is 144 Å². The number of carbonyl (C=O) groups is 1. The zero-order valence-corrected chi connectivity index (χ0v) is 38.8. The molecule has 6 atom stereocenters. The van der Waals surface area contributed by atoms with Crippen LogP contribution in [0.15, 0.2) is 137 Å². The van der Waals surface area contributed by atoms with Gasteiger partial charge in [-0.2, -0.15) is 0 Å². The van der Waals surface area contributed by atoms with Gasteiger partial charge in [-0.15, -0.1) is 18.3 Å². The van der Waals surface area contributed by atoms with Crippen LogP contribution in [0.25, 0.3) is 0 Å². The minimum atomic E-state index is -1.34. The Morgan fingerprint density at radius 3 is 2.42 bits per heavy atom. The highest BCUT2D eigenvalue weighted by Gasteiger charge is 2.65. The predicted octanol–water partition coefficient (Wildman–Crippen LogP) is 10.2. The Morgan fingerprint density at radius 1 is 0.923 bits per heavy atom. The average Bonchev–Trinajstić information content (AvgIpc) is 3.33. The maximum Gasteiger partial charge on any atom is 0.239 e. The molecule has 10 nitrogen and oxygen atoms in total. The average molecular weight is 903 g/mol. The van der Waals surface area contributed by atoms with Gasteiger partial charge in [0.2, 0.25) is 11.7 Å². The summed E-state index contributed by atoms with van der Waals surface area (Å²) >= 11 is 1.76. The number of rotatable bonds is 25. The first-order chi connectivity index (χ1) is 31.9. The van der Waals surface area contributed by atoms with Crippen LogP contribution in [0.5, 0.6) is 17.2 Å². The number of ether oxygens (including phenoxy) is 4. The fraction of sp³-hybridized carbons (Fsp3) is 0.444. The molecule has 0 unspecified atom stereocenters. The summed E-state index contributed by atoms with van der Waals surface area (Å²) in [5, 5.41) is 25.0. The normalized spacial score (nSPS) is 22.5. The van der Waals surface area contributed by atoms with Gasteiger partial charge in [-0.1, -0.05) is 97.7 Å². The van der Waals surface area contributed by atoms with E-state index in [0.29, 0.717) is 50.3 Å². The standard InChI is InChI=1S/C54H66N2O8S/c1-4-27-56(51(59)34-40-19-16-21-42(33-40)60-3)50-37-48(55-63-38-39-17-8-6-9-18-39)46-35-41(20-12-14-28-57)45(24-13-15-29-58)52-47-36-43(61-31-32-65-44-22-10-7-11-23-44)25-26-49(47)64-54(50,53(46)52)62-30-5-2/h5-11,16-19,21-23,25-26,33,35-36,41,45,50,52-53,57-58H,2,4,12-15,20,24,27-32,34,37-38H2,1,3H3/t41-,45+,50-,52+,53+,54+/m0/s1. The molecule has 4 aromatic rings. The van der Waals surface area contributed by atoms with Gasteiger partial charge in [0.25, 0.3) is 0 Å². The third kappa shape index (κ3) is 11.7. The minimum Gasteiger partial charge on any atom is -0.497 e. The molecule has 1 heterocycles. The molecule has 1 aliphatic heterocycles. The van der Waals surface area contributed by atoms with Gasteiger partial charge >= 0.3 is 0 Å². The van der Waals surface area contributed by atoms with E-state index >= 15 is 0 Å². The minimum absolute atomic E-state index is 0.0519. The number of thioether (sulfide) groups is 1. The van der Waals surface area contributed by atoms with E-state index in [1.807, 2.05) is 89.8 Å². The van der Waals surface area contributed by atoms with Crippen LogP contribution in [-0.4, -0.2) is 84.4 Å². The Kier molecular flexibility index (Phi) is 17.6. The number of allylic oxidation sites excluding steroid dienone is 1. The number of oxime groups is 1. The van der Waals surface area contributed by atoms with E-state index in [-0.39, 0.29) is 56.5 Å². The van der Waals surface area contributed by atoms with Crippen molar-refractivity contribution >= 4 is 23.4 Å². The van der Waals surface area contributed by atoms with E-state index in [1.54, 1.807) is 24.9 Å². The summed E-state index contributed by atoms with van der Waals surface area (Å²) in [6.07, 6.45) is 10.1. The van der Waals surface area contributed by atoms with Crippen LogP contribution < -0.4 is 14.2 Å². The molecule has 3 aliphatic rings. The van der Waals surface area contributed by atoms with Crippen LogP contribution in [0.4, 0.5) is 0 Å². The molecule has 0 bridgehead atoms. The third-order valence-electron chi connectivity index (χ3n) is 12.9. The van der Waals surface area contributed by atoms with Crippen molar-refractivity contribution in [3.63, 3.8) is 0 Å². The summed E-state index contributed by atoms with van der Waals surface area (Å²) in [6, 6.07) is 33.6. The van der Waals surface area contributed by atoms with Crippen LogP contribution in [0.2, 0.25) is 0 Å². The largest absolute Gasteiger partial charge is 0.497 e. The number of hydrogen-bond donors (Lipinski definition) is 2. The second-order valence-electron chi connectivity index (χ2n) is 17.2. The highest BCUT2D eigenvalue weighted by atomic mass is 32.2. The van der Waals surface area contributed by atoms with Crippen LogP contribution in [-0.2, 0) is 27.4 Å². The van der Waals surface area contributed by atoms with Crippen molar-refractivity contribution in [2.24, 2.45) is 22.9 Å². The van der Waals surface area contributed by atoms with Gasteiger partial charge < -0.3 is 38.9 Å². The van der Waals surface area contributed by atoms with Gasteiger partial charge in [0, 0.05) is 48.3 Å². The fourth-order valence-electron chi connectivity index (χ4n) is 10.1. The zero-order valence-electron chi connectivity index (χ0n) is 38.0. The van der Waals surface area contributed by atoms with E-state index in [0.717, 1.165) is 65.2 Å². The van der Waals surface area contributed by atoms with Crippen molar-refractivity contribution in [1.29, 1.82) is 0 Å². The number of hydrogen-bond acceptors (Lipinski definition) is 10. The summed E-state index contributed by atoms with van der Waals surface area (Å²) in [7, 11) is 1.63. The summed E-state index contributed by atoms with van der Waals surface area (Å²) in [5.74, 6) is 1.20. The third-order valence-corrected chi connectivity index (χ3v) is 13.9. The summed E-state index contributed by atoms with van der Waals surface area (Å²) < 4.78 is 26.7. The summed E-state index contributed by atoms with van der Waals surface area (Å²) in [6.45, 7) is 7.88. The number of aliphatic hydroxyl groups excluding tert-OH is 2. The van der Waals surface area contributed by atoms with Crippen molar-refractivity contribution in [2.75, 3.05) is 45.8 Å². The lowest BCUT2D eigenvalue weighted by Crippen LogP contribution is -2.70. The molecule has 0 aromatic heterocycles. The van der Waals surface area contributed by atoms with Gasteiger partial charge in [0.15, 0.2) is 0 Å². The molecule has 0 radical (unpaired) electrons. The number of amides is 1. The van der Waals surface area contributed by atoms with Crippen LogP contribution in [0.1, 0.15) is 80.9 Å². The zero-order chi connectivity index (χ0) is 45.4. The second kappa shape index (κ2) is 23.9. The highest BCUT2D eigenvalue weighted by molar-refractivity contribution is 7.99. The first-order valence-corrected chi connectivity index (χ1v) is 24.4. The first-order valence-electron chi connectivity index (χ1n) is 23.4. The van der Waals surface area contributed by atoms with E-state index in [2.05, 4.69) is 37.8 Å². The Hall–Kier alpha value is -5.07. The fourth-order valence-corrected chi connectivity index (χ4v) is 10.8. The maximum absolute atomic E-state index is 15.0. The van der Waals surface area contributed by atoms with Crippen LogP contribution in [0, 0.1) is 17.8 Å². The number of unbranched alkanes of at least 4 members (excludes halogenated alkanes) is 2. The topological polar surface area (TPSA) is 119 Å². The predicted molar refractivity (Wildman–Crippen MR) is 258 cm³/mol. The molecule has 2 aliphatic carbocycles. The van der Waals surface area contributed by atoms with Gasteiger partial charge in [-0.25, -0.2) is 0 Å². The summed E-state index contributed by atoms with van der Waals surface area (Å²) in [4.78, 5) is 24.4. The lowest BCUT2D eigenvalue weighted by Gasteiger charge is -2.60. The Balaban J connectivity index is 1.37. The van der Waals surface area contributed by atoms with Crippen molar-refractivity contribution in [2.45, 2.75) is 94.0 Å². The smallest absolute Gasteiger partial charge is 0.239 e. The second-order valence-corrected chi connectivity index (χ2v) is 18.3. The van der Waals surface area contributed by atoms with E-state index in [9.17, 15) is 15.0 Å². The monoisotopic (exact) mass is 902 g/mol. The number of fused-ring (bicyclic) bond motifs is 2. The van der Waals surface area contributed by atoms with Gasteiger partial charge in [0.1, 0.15) is 29.9 Å². The molecular weight excluding hydrogens is 837 g/mol. The van der Waals surface area contributed by atoms with Crippen LogP contribution >= 0.6 is 11.8 Å². The molecule has 2 N–H and O–H groups in total. The Morgan fingerprint density at radius 2 is 1.68 bits per heavy atom. The molecule has 346 valence electrons. The molecule has 7 rings (SSSR count). The molecule has 4 aromatic carbocycles. The molecule has 0 saturated heterocycles. The highest BCUT2D eigenvalue weighted by Crippen LogP contribution is 2.62. The summed E-state index contributed by atoms with van der Waals surface area (Å²) in [5.41, 5.74) is 4.65. The molecule has 11 heteroatoms. The van der Waals surface area contributed by atoms with Crippen molar-refractivity contribution < 1.29 is 38.8 Å². The Labute approximate surface area is 389 Å². The molecule has 0 spiro atoms. The SMILES string of the molecule is C=CCO[C@@]12Oc3ccc(OCCSc4ccccc4)cc3[C@H]3[C@H](CCCCO)[C@@H](CCCCO)C=C(C(=NOCc4ccccc4)C[C@@H]1N(CCC)C(=O)Cc1cccc(OC)c1)[C@H]32. The number of benzene rings is 4. The van der Waals surface area contributed by atoms with E-state index in [1.165, 1.54) is 4.90 Å². The van der Waals surface area contributed by atoms with Gasteiger partial charge in [-0.3, -0.25) is 4.79 Å². The van der Waals surface area contributed by atoms with Crippen molar-refractivity contribution in [1.82, 2.24) is 4.90 Å². The van der Waals surface area contributed by atoms with Crippen molar-refractivity contribution in [3.8, 4) is 17.2 Å². The number of aliphatic hydroxyl groups is 2. The molecule has 65 heavy (non-hydrogen) atoms. The van der Waals surface area contributed by atoms with Gasteiger partial charge in [0.05, 0.1) is 38.4 Å². The maximum atomic E-state index is 15.0. The quantitative estimate of drug-likeness (QED) is 0.0290. The van der Waals surface area contributed by atoms with E-state index in [4.69, 9.17) is 28.9 Å². The number of methoxy groups -OCH3 is 1. The molecule has 1 amide bonds. The van der Waals surface area contributed by atoms with Crippen LogP contribution in [0.3, 0.4) is 0 Å². The molecule has 1 fully saturated rings. The first kappa shape index (κ1) is 47.9. The lowest BCUT2D eigenvalue weighted by molar-refractivity contribution is -0.257. The Bertz CT molecular complexity index is 2200. The number of carbonyl (C=O) groups excluding carboxylic acids is 1. The van der Waals surface area contributed by atoms with E-state index < -0.39 is 17.7 Å². The molecule has 1 saturated carbocycles. The lowest BCUT2D eigenvalue weighted by atomic mass is 9.55. The molecular formula is C54H66N2O8S. The number of nitrogens with zero attached hydrogens (tertiary/aromatic N) is 2. The van der Waals surface area contributed by atoms with Gasteiger partial charge in [-0.05, 0) is 103 Å².